The number of nitrogens with zero attached hydrogens (tertiary/aromatic N) is 2. The van der Waals surface area contributed by atoms with Gasteiger partial charge in [-0.25, -0.2) is 4.98 Å². The van der Waals surface area contributed by atoms with Gasteiger partial charge in [-0.1, -0.05) is 18.6 Å². The largest absolute Gasteiger partial charge is 0.481 e. The van der Waals surface area contributed by atoms with Crippen LogP contribution in [0, 0.1) is 5.92 Å². The number of amides is 1. The zero-order chi connectivity index (χ0) is 26.0. The first-order valence-electron chi connectivity index (χ1n) is 11.4. The van der Waals surface area contributed by atoms with E-state index in [9.17, 15) is 27.9 Å². The molecule has 2 atom stereocenters. The van der Waals surface area contributed by atoms with Gasteiger partial charge in [0.05, 0.1) is 11.3 Å². The number of nitrogens with one attached hydrogen (secondary N) is 3. The second-order valence-electron chi connectivity index (χ2n) is 9.54. The summed E-state index contributed by atoms with van der Waals surface area (Å²) in [6.07, 6.45) is -2.14. The van der Waals surface area contributed by atoms with Crippen molar-refractivity contribution in [3.63, 3.8) is 0 Å². The lowest BCUT2D eigenvalue weighted by molar-refractivity contribution is -0.142. The molecule has 1 amide bonds. The molecule has 4 N–H and O–H groups in total. The fourth-order valence-corrected chi connectivity index (χ4v) is 4.00. The van der Waals surface area contributed by atoms with E-state index >= 15 is 0 Å². The lowest BCUT2D eigenvalue weighted by atomic mass is 9.85. The number of rotatable bonds is 8. The summed E-state index contributed by atoms with van der Waals surface area (Å²) in [7, 11) is 0. The smallest absolute Gasteiger partial charge is 0.421 e. The fraction of sp³-hybridized carbons (Fsp3) is 0.500. The first-order valence-corrected chi connectivity index (χ1v) is 11.4. The number of carbonyl (C=O) groups is 2. The molecule has 0 bridgehead atoms. The van der Waals surface area contributed by atoms with Crippen molar-refractivity contribution in [2.24, 2.45) is 5.92 Å². The SMILES string of the molecule is CC(C)NC(=O)[C@H]1CCC[C@H]1Nc1nc(Nc2ccc(C(C)(C)C(=O)O)cc2)ncc1C(F)(F)F. The highest BCUT2D eigenvalue weighted by molar-refractivity contribution is 5.81. The molecule has 2 aromatic rings. The van der Waals surface area contributed by atoms with Gasteiger partial charge >= 0.3 is 12.1 Å². The second kappa shape index (κ2) is 10.1. The van der Waals surface area contributed by atoms with Crippen molar-refractivity contribution >= 4 is 29.3 Å². The van der Waals surface area contributed by atoms with E-state index in [0.29, 0.717) is 36.7 Å². The summed E-state index contributed by atoms with van der Waals surface area (Å²) in [5.74, 6) is -2.09. The predicted octanol–water partition coefficient (Wildman–Crippen LogP) is 4.71. The molecule has 1 aromatic carbocycles. The normalized spacial score (nSPS) is 18.4. The predicted molar refractivity (Wildman–Crippen MR) is 125 cm³/mol. The summed E-state index contributed by atoms with van der Waals surface area (Å²) >= 11 is 0. The third-order valence-electron chi connectivity index (χ3n) is 6.10. The maximum atomic E-state index is 13.7. The van der Waals surface area contributed by atoms with Crippen molar-refractivity contribution < 1.29 is 27.9 Å². The van der Waals surface area contributed by atoms with Crippen molar-refractivity contribution in [1.82, 2.24) is 15.3 Å². The van der Waals surface area contributed by atoms with Crippen LogP contribution in [0.25, 0.3) is 0 Å². The van der Waals surface area contributed by atoms with Crippen LogP contribution in [0.15, 0.2) is 30.5 Å². The number of alkyl halides is 3. The van der Waals surface area contributed by atoms with Crippen LogP contribution in [0.2, 0.25) is 0 Å². The maximum Gasteiger partial charge on any atom is 0.421 e. The highest BCUT2D eigenvalue weighted by Gasteiger charge is 2.39. The quantitative estimate of drug-likeness (QED) is 0.421. The number of benzene rings is 1. The number of carboxylic acid groups (broad SMARTS) is 1. The number of hydrogen-bond donors (Lipinski definition) is 4. The molecule has 35 heavy (non-hydrogen) atoms. The maximum absolute atomic E-state index is 13.7. The van der Waals surface area contributed by atoms with Crippen LogP contribution in [0.1, 0.15) is 58.1 Å². The Labute approximate surface area is 201 Å². The molecule has 1 heterocycles. The summed E-state index contributed by atoms with van der Waals surface area (Å²) in [4.78, 5) is 31.9. The Balaban J connectivity index is 1.84. The van der Waals surface area contributed by atoms with Gasteiger partial charge in [-0.3, -0.25) is 9.59 Å². The Morgan fingerprint density at radius 2 is 1.77 bits per heavy atom. The lowest BCUT2D eigenvalue weighted by Gasteiger charge is -2.24. The van der Waals surface area contributed by atoms with E-state index in [1.165, 1.54) is 0 Å². The monoisotopic (exact) mass is 493 g/mol. The van der Waals surface area contributed by atoms with Crippen LogP contribution in [0.5, 0.6) is 0 Å². The molecule has 8 nitrogen and oxygen atoms in total. The van der Waals surface area contributed by atoms with E-state index in [-0.39, 0.29) is 17.9 Å². The number of hydrogen-bond acceptors (Lipinski definition) is 6. The highest BCUT2D eigenvalue weighted by atomic mass is 19.4. The molecule has 0 spiro atoms. The molecular formula is C24H30F3N5O3. The number of aromatic nitrogens is 2. The molecule has 0 saturated heterocycles. The van der Waals surface area contributed by atoms with Gasteiger partial charge in [0, 0.05) is 24.0 Å². The third kappa shape index (κ3) is 6.20. The van der Waals surface area contributed by atoms with Crippen LogP contribution < -0.4 is 16.0 Å². The number of anilines is 3. The molecule has 1 aliphatic carbocycles. The lowest BCUT2D eigenvalue weighted by Crippen LogP contribution is -2.41. The Morgan fingerprint density at radius 3 is 2.34 bits per heavy atom. The van der Waals surface area contributed by atoms with Crippen LogP contribution in [0.3, 0.4) is 0 Å². The average Bonchev–Trinajstić information content (AvgIpc) is 3.21. The van der Waals surface area contributed by atoms with Crippen LogP contribution in [-0.2, 0) is 21.2 Å². The molecule has 0 aliphatic heterocycles. The zero-order valence-corrected chi connectivity index (χ0v) is 20.0. The Hall–Kier alpha value is -3.37. The molecule has 0 radical (unpaired) electrons. The van der Waals surface area contributed by atoms with E-state index < -0.39 is 40.9 Å². The van der Waals surface area contributed by atoms with Gasteiger partial charge in [-0.05, 0) is 58.2 Å². The van der Waals surface area contributed by atoms with Gasteiger partial charge in [-0.15, -0.1) is 0 Å². The molecule has 11 heteroatoms. The first-order chi connectivity index (χ1) is 16.3. The number of carboxylic acids is 1. The summed E-state index contributed by atoms with van der Waals surface area (Å²) < 4.78 is 41.0. The van der Waals surface area contributed by atoms with Gasteiger partial charge in [0.1, 0.15) is 11.4 Å². The minimum Gasteiger partial charge on any atom is -0.481 e. The highest BCUT2D eigenvalue weighted by Crippen LogP contribution is 2.37. The van der Waals surface area contributed by atoms with Crippen molar-refractivity contribution in [2.45, 2.75) is 70.6 Å². The summed E-state index contributed by atoms with van der Waals surface area (Å²) in [6, 6.07) is 5.90. The average molecular weight is 494 g/mol. The number of carbonyl (C=O) groups excluding carboxylic acids is 1. The summed E-state index contributed by atoms with van der Waals surface area (Å²) in [5, 5.41) is 17.9. The first kappa shape index (κ1) is 26.2. The third-order valence-corrected chi connectivity index (χ3v) is 6.10. The van der Waals surface area contributed by atoms with Gasteiger partial charge < -0.3 is 21.1 Å². The van der Waals surface area contributed by atoms with E-state index in [4.69, 9.17) is 0 Å². The molecule has 190 valence electrons. The topological polar surface area (TPSA) is 116 Å². The molecule has 3 rings (SSSR count). The molecule has 1 aliphatic rings. The minimum absolute atomic E-state index is 0.0630. The molecule has 1 fully saturated rings. The van der Waals surface area contributed by atoms with Crippen LogP contribution >= 0.6 is 0 Å². The van der Waals surface area contributed by atoms with E-state index in [2.05, 4.69) is 25.9 Å². The van der Waals surface area contributed by atoms with Crippen molar-refractivity contribution in [3.05, 3.63) is 41.6 Å². The van der Waals surface area contributed by atoms with Crippen molar-refractivity contribution in [1.29, 1.82) is 0 Å². The number of aliphatic carboxylic acids is 1. The fourth-order valence-electron chi connectivity index (χ4n) is 4.00. The van der Waals surface area contributed by atoms with E-state index in [1.54, 1.807) is 38.1 Å². The van der Waals surface area contributed by atoms with Gasteiger partial charge in [0.15, 0.2) is 0 Å². The van der Waals surface area contributed by atoms with Gasteiger partial charge in [0.2, 0.25) is 11.9 Å². The molecule has 1 aromatic heterocycles. The van der Waals surface area contributed by atoms with Crippen molar-refractivity contribution in [2.75, 3.05) is 10.6 Å². The number of halogens is 3. The van der Waals surface area contributed by atoms with E-state index in [1.807, 2.05) is 13.8 Å². The molecule has 0 unspecified atom stereocenters. The van der Waals surface area contributed by atoms with Gasteiger partial charge in [0.25, 0.3) is 0 Å². The zero-order valence-electron chi connectivity index (χ0n) is 20.0. The van der Waals surface area contributed by atoms with E-state index in [0.717, 1.165) is 0 Å². The van der Waals surface area contributed by atoms with Gasteiger partial charge in [-0.2, -0.15) is 18.2 Å². The Bertz CT molecular complexity index is 1070. The molecule has 1 saturated carbocycles. The second-order valence-corrected chi connectivity index (χ2v) is 9.54. The summed E-state index contributed by atoms with van der Waals surface area (Å²) in [6.45, 7) is 6.81. The van der Waals surface area contributed by atoms with Crippen LogP contribution in [-0.4, -0.2) is 39.0 Å². The minimum atomic E-state index is -4.68. The standard InChI is InChI=1S/C24H30F3N5O3/c1-13(2)29-20(33)16-6-5-7-18(16)31-19-17(24(25,26)27)12-28-22(32-19)30-15-10-8-14(9-11-15)23(3,4)21(34)35/h8-13,16,18H,5-7H2,1-4H3,(H,29,33)(H,34,35)(H2,28,30,31,32)/t16-,18+/m0/s1. The van der Waals surface area contributed by atoms with Crippen LogP contribution in [0.4, 0.5) is 30.6 Å². The Morgan fingerprint density at radius 1 is 1.11 bits per heavy atom. The summed E-state index contributed by atoms with van der Waals surface area (Å²) in [5.41, 5.74) is -1.06. The van der Waals surface area contributed by atoms with Crippen molar-refractivity contribution in [3.8, 4) is 0 Å². The Kier molecular flexibility index (Phi) is 7.56. The molecular weight excluding hydrogens is 463 g/mol.